The van der Waals surface area contributed by atoms with E-state index in [1.54, 1.807) is 6.20 Å². The Morgan fingerprint density at radius 1 is 0.568 bits per heavy atom. The average Bonchev–Trinajstić information content (AvgIpc) is 3.27. The third kappa shape index (κ3) is 4.77. The molecule has 3 nitrogen and oxygen atoms in total. The van der Waals surface area contributed by atoms with Crippen LogP contribution in [-0.4, -0.2) is 15.8 Å². The molecule has 7 rings (SSSR count). The molecule has 0 bridgehead atoms. The Morgan fingerprint density at radius 2 is 1.24 bits per heavy atom. The third-order valence-corrected chi connectivity index (χ3v) is 6.20. The molecule has 0 fully saturated rings. The van der Waals surface area contributed by atoms with Crippen molar-refractivity contribution in [2.24, 2.45) is 0 Å². The van der Waals surface area contributed by atoms with E-state index in [0.717, 1.165) is 55.7 Å². The molecule has 6 aromatic rings. The van der Waals surface area contributed by atoms with Crippen LogP contribution in [0, 0.1) is 12.1 Å². The molecule has 4 aromatic carbocycles. The molecule has 0 unspecified atom stereocenters. The van der Waals surface area contributed by atoms with E-state index in [9.17, 15) is 4.79 Å². The maximum absolute atomic E-state index is 12.8. The number of hydrogen-bond donors (Lipinski definition) is 0. The number of fused-ring (bicyclic) bond motifs is 5. The second-order valence-electron chi connectivity index (χ2n) is 8.39. The minimum absolute atomic E-state index is 0. The van der Waals surface area contributed by atoms with Gasteiger partial charge in [-0.1, -0.05) is 54.6 Å². The van der Waals surface area contributed by atoms with E-state index in [1.807, 2.05) is 115 Å². The SMILES string of the molecule is O=C1c2ccccc2-c2ccc3nc(-c4[c-]cccc4)ccc3c21.[Ir].[c-]1ccccc1-c1ccccn1. The average molecular weight is 653 g/mol. The maximum Gasteiger partial charge on any atom is 0.194 e. The zero-order valence-electron chi connectivity index (χ0n) is 19.7. The normalized spacial score (nSPS) is 11.1. The van der Waals surface area contributed by atoms with E-state index >= 15 is 0 Å². The fourth-order valence-corrected chi connectivity index (χ4v) is 4.50. The number of rotatable bonds is 2. The Hall–Kier alpha value is -4.24. The van der Waals surface area contributed by atoms with Crippen molar-refractivity contribution in [2.45, 2.75) is 0 Å². The van der Waals surface area contributed by atoms with Crippen molar-refractivity contribution in [1.29, 1.82) is 0 Å². The van der Waals surface area contributed by atoms with Crippen molar-refractivity contribution in [2.75, 3.05) is 0 Å². The predicted octanol–water partition coefficient (Wildman–Crippen LogP) is 7.46. The third-order valence-electron chi connectivity index (χ3n) is 6.20. The van der Waals surface area contributed by atoms with Crippen LogP contribution in [0.1, 0.15) is 15.9 Å². The standard InChI is InChI=1S/C22H12NO.C11H8N.Ir/c24-22-17-9-5-4-8-15(17)16-10-13-20-18(21(16)22)11-12-19(23-20)14-6-2-1-3-7-14;1-2-6-10(7-3-1)11-8-4-5-9-12-11;/h1-6,8-13H;1-6,8-9H;/q2*-1;. The summed E-state index contributed by atoms with van der Waals surface area (Å²) in [5.41, 5.74) is 8.23. The zero-order valence-corrected chi connectivity index (χ0v) is 22.1. The van der Waals surface area contributed by atoms with Crippen molar-refractivity contribution in [1.82, 2.24) is 9.97 Å². The molecule has 4 heteroatoms. The van der Waals surface area contributed by atoms with Gasteiger partial charge in [0.2, 0.25) is 0 Å². The molecule has 2 heterocycles. The molecule has 1 aliphatic rings. The Bertz CT molecular complexity index is 1650. The number of nitrogens with zero attached hydrogens (tertiary/aromatic N) is 2. The molecule has 0 N–H and O–H groups in total. The second-order valence-corrected chi connectivity index (χ2v) is 8.39. The van der Waals surface area contributed by atoms with Gasteiger partial charge in [-0.15, -0.1) is 71.8 Å². The summed E-state index contributed by atoms with van der Waals surface area (Å²) in [6, 6.07) is 43.5. The molecule has 1 aliphatic carbocycles. The summed E-state index contributed by atoms with van der Waals surface area (Å²) in [6.45, 7) is 0. The van der Waals surface area contributed by atoms with E-state index < -0.39 is 0 Å². The van der Waals surface area contributed by atoms with E-state index in [2.05, 4.69) is 17.1 Å². The van der Waals surface area contributed by atoms with Crippen LogP contribution in [0.4, 0.5) is 0 Å². The van der Waals surface area contributed by atoms with Crippen molar-refractivity contribution in [3.05, 3.63) is 145 Å². The first-order valence-electron chi connectivity index (χ1n) is 11.7. The summed E-state index contributed by atoms with van der Waals surface area (Å²) in [5, 5.41) is 0.911. The fraction of sp³-hybridized carbons (Fsp3) is 0. The summed E-state index contributed by atoms with van der Waals surface area (Å²) in [4.78, 5) is 21.8. The molecule has 2 aromatic heterocycles. The van der Waals surface area contributed by atoms with Crippen molar-refractivity contribution < 1.29 is 24.9 Å². The number of carbonyl (C=O) groups excluding carboxylic acids is 1. The van der Waals surface area contributed by atoms with Gasteiger partial charge >= 0.3 is 0 Å². The maximum atomic E-state index is 12.8. The van der Waals surface area contributed by atoms with Crippen LogP contribution in [0.15, 0.2) is 121 Å². The largest absolute Gasteiger partial charge is 0.305 e. The van der Waals surface area contributed by atoms with Gasteiger partial charge in [0, 0.05) is 42.8 Å². The van der Waals surface area contributed by atoms with Crippen molar-refractivity contribution in [3.8, 4) is 33.6 Å². The van der Waals surface area contributed by atoms with Crippen LogP contribution in [0.25, 0.3) is 44.5 Å². The van der Waals surface area contributed by atoms with Gasteiger partial charge < -0.3 is 4.98 Å². The van der Waals surface area contributed by atoms with Gasteiger partial charge in [0.25, 0.3) is 0 Å². The molecule has 0 aliphatic heterocycles. The second kappa shape index (κ2) is 10.8. The quantitative estimate of drug-likeness (QED) is 0.182. The summed E-state index contributed by atoms with van der Waals surface area (Å²) in [5.74, 6) is 0.0898. The number of benzene rings is 4. The Morgan fingerprint density at radius 3 is 1.92 bits per heavy atom. The van der Waals surface area contributed by atoms with Crippen LogP contribution in [0.5, 0.6) is 0 Å². The van der Waals surface area contributed by atoms with E-state index in [-0.39, 0.29) is 25.9 Å². The topological polar surface area (TPSA) is 42.9 Å². The van der Waals surface area contributed by atoms with Gasteiger partial charge in [-0.3, -0.25) is 9.78 Å². The van der Waals surface area contributed by atoms with E-state index in [4.69, 9.17) is 4.98 Å². The number of carbonyl (C=O) groups is 1. The molecular weight excluding hydrogens is 633 g/mol. The molecule has 0 saturated heterocycles. The monoisotopic (exact) mass is 653 g/mol. The van der Waals surface area contributed by atoms with Gasteiger partial charge in [-0.05, 0) is 34.6 Å². The molecule has 1 radical (unpaired) electrons. The van der Waals surface area contributed by atoms with Gasteiger partial charge in [-0.2, -0.15) is 0 Å². The van der Waals surface area contributed by atoms with Gasteiger partial charge in [-0.25, -0.2) is 0 Å². The first-order valence-corrected chi connectivity index (χ1v) is 11.7. The molecular formula is C33H20IrN2O-2. The van der Waals surface area contributed by atoms with Crippen LogP contribution < -0.4 is 0 Å². The minimum atomic E-state index is 0. The first kappa shape index (κ1) is 24.5. The molecule has 179 valence electrons. The summed E-state index contributed by atoms with van der Waals surface area (Å²) < 4.78 is 0. The zero-order chi connectivity index (χ0) is 24.3. The van der Waals surface area contributed by atoms with Crippen LogP contribution >= 0.6 is 0 Å². The summed E-state index contributed by atoms with van der Waals surface area (Å²) in [7, 11) is 0. The number of pyridine rings is 2. The minimum Gasteiger partial charge on any atom is -0.305 e. The first-order chi connectivity index (χ1) is 17.8. The van der Waals surface area contributed by atoms with Gasteiger partial charge in [0.15, 0.2) is 5.78 Å². The van der Waals surface area contributed by atoms with Gasteiger partial charge in [0.05, 0.1) is 5.52 Å². The smallest absolute Gasteiger partial charge is 0.194 e. The number of hydrogen-bond acceptors (Lipinski definition) is 3. The van der Waals surface area contributed by atoms with Crippen LogP contribution in [-0.2, 0) is 20.1 Å². The molecule has 0 amide bonds. The molecule has 0 saturated carbocycles. The molecule has 37 heavy (non-hydrogen) atoms. The van der Waals surface area contributed by atoms with Crippen LogP contribution in [0.3, 0.4) is 0 Å². The van der Waals surface area contributed by atoms with Gasteiger partial charge in [0.1, 0.15) is 0 Å². The Labute approximate surface area is 229 Å². The van der Waals surface area contributed by atoms with Crippen molar-refractivity contribution >= 4 is 16.7 Å². The number of ketones is 1. The number of aromatic nitrogens is 2. The Balaban J connectivity index is 0.000000183. The van der Waals surface area contributed by atoms with E-state index in [0.29, 0.717) is 0 Å². The molecule has 0 atom stereocenters. The van der Waals surface area contributed by atoms with E-state index in [1.165, 1.54) is 0 Å². The van der Waals surface area contributed by atoms with Crippen molar-refractivity contribution in [3.63, 3.8) is 0 Å². The predicted molar refractivity (Wildman–Crippen MR) is 143 cm³/mol. The van der Waals surface area contributed by atoms with Crippen LogP contribution in [0.2, 0.25) is 0 Å². The summed E-state index contributed by atoms with van der Waals surface area (Å²) in [6.07, 6.45) is 1.79. The Kier molecular flexibility index (Phi) is 7.13. The molecule has 0 spiro atoms. The fourth-order valence-electron chi connectivity index (χ4n) is 4.50. The summed E-state index contributed by atoms with van der Waals surface area (Å²) >= 11 is 0.